The minimum absolute atomic E-state index is 0.208. The molecule has 1 amide bonds. The van der Waals surface area contributed by atoms with Crippen LogP contribution in [0, 0.1) is 0 Å². The van der Waals surface area contributed by atoms with Gasteiger partial charge in [-0.15, -0.1) is 0 Å². The van der Waals surface area contributed by atoms with Crippen LogP contribution < -0.4 is 11.5 Å². The second kappa shape index (κ2) is 5.10. The Morgan fingerprint density at radius 2 is 1.87 bits per heavy atom. The molecule has 3 aromatic rings. The average molecular weight is 310 g/mol. The maximum atomic E-state index is 11.3. The molecule has 1 aromatic carbocycles. The topological polar surface area (TPSA) is 107 Å². The van der Waals surface area contributed by atoms with E-state index in [1.54, 1.807) is 18.4 Å². The van der Waals surface area contributed by atoms with Crippen molar-refractivity contribution in [2.45, 2.75) is 19.4 Å². The van der Waals surface area contributed by atoms with Crippen LogP contribution in [0.1, 0.15) is 29.8 Å². The predicted octanol–water partition coefficient (Wildman–Crippen LogP) is 1.91. The molecule has 2 aromatic heterocycles. The average Bonchev–Trinajstić information content (AvgIpc) is 2.91. The van der Waals surface area contributed by atoms with Gasteiger partial charge in [-0.1, -0.05) is 24.3 Å². The molecule has 6 heteroatoms. The van der Waals surface area contributed by atoms with Crippen molar-refractivity contribution in [3.8, 4) is 11.1 Å². The normalized spacial score (nSPS) is 11.8. The molecule has 5 N–H and O–H groups in total. The Morgan fingerprint density at radius 3 is 2.43 bits per heavy atom. The van der Waals surface area contributed by atoms with E-state index in [4.69, 9.17) is 11.5 Å². The van der Waals surface area contributed by atoms with Gasteiger partial charge < -0.3 is 16.6 Å². The molecule has 0 fully saturated rings. The second-order valence-corrected chi connectivity index (χ2v) is 6.03. The van der Waals surface area contributed by atoms with Crippen LogP contribution in [0.2, 0.25) is 0 Å². The van der Waals surface area contributed by atoms with Gasteiger partial charge in [-0.2, -0.15) is 5.10 Å². The van der Waals surface area contributed by atoms with E-state index in [-0.39, 0.29) is 5.56 Å². The first-order chi connectivity index (χ1) is 10.8. The number of carbonyl (C=O) groups is 1. The Kier molecular flexibility index (Phi) is 3.34. The van der Waals surface area contributed by atoms with Crippen molar-refractivity contribution in [3.63, 3.8) is 0 Å². The zero-order valence-corrected chi connectivity index (χ0v) is 12.9. The number of fused-ring (bicyclic) bond motifs is 1. The lowest BCUT2D eigenvalue weighted by atomic mass is 9.96. The van der Waals surface area contributed by atoms with Crippen molar-refractivity contribution in [3.05, 3.63) is 53.9 Å². The molecule has 118 valence electrons. The summed E-state index contributed by atoms with van der Waals surface area (Å²) in [5.74, 6) is -0.602. The van der Waals surface area contributed by atoms with Crippen molar-refractivity contribution < 1.29 is 9.90 Å². The first-order valence-corrected chi connectivity index (χ1v) is 7.17. The van der Waals surface area contributed by atoms with Crippen LogP contribution in [-0.2, 0) is 5.60 Å². The van der Waals surface area contributed by atoms with Gasteiger partial charge in [0.15, 0.2) is 0 Å². The predicted molar refractivity (Wildman–Crippen MR) is 88.8 cm³/mol. The zero-order chi connectivity index (χ0) is 16.8. The minimum atomic E-state index is -0.883. The summed E-state index contributed by atoms with van der Waals surface area (Å²) in [6, 6.07) is 9.46. The molecule has 0 saturated carbocycles. The number of primary amides is 1. The van der Waals surface area contributed by atoms with Gasteiger partial charge >= 0.3 is 0 Å². The van der Waals surface area contributed by atoms with Crippen LogP contribution in [0.4, 0.5) is 5.69 Å². The van der Waals surface area contributed by atoms with Crippen LogP contribution in [-0.4, -0.2) is 20.6 Å². The number of nitrogens with two attached hydrogens (primary N) is 2. The minimum Gasteiger partial charge on any atom is -0.396 e. The molecule has 0 bridgehead atoms. The summed E-state index contributed by atoms with van der Waals surface area (Å²) in [6.07, 6.45) is 3.20. The molecule has 6 nitrogen and oxygen atoms in total. The molecule has 0 spiro atoms. The number of anilines is 1. The smallest absolute Gasteiger partial charge is 0.252 e. The van der Waals surface area contributed by atoms with Crippen molar-refractivity contribution in [2.24, 2.45) is 5.73 Å². The number of rotatable bonds is 3. The second-order valence-electron chi connectivity index (χ2n) is 6.03. The monoisotopic (exact) mass is 310 g/mol. The van der Waals surface area contributed by atoms with Crippen LogP contribution in [0.3, 0.4) is 0 Å². The third-order valence-electron chi connectivity index (χ3n) is 3.87. The highest BCUT2D eigenvalue weighted by atomic mass is 16.3. The van der Waals surface area contributed by atoms with E-state index < -0.39 is 11.5 Å². The number of amides is 1. The van der Waals surface area contributed by atoms with Crippen LogP contribution in [0.5, 0.6) is 0 Å². The fraction of sp³-hybridized carbons (Fsp3) is 0.176. The van der Waals surface area contributed by atoms with E-state index in [1.807, 2.05) is 36.5 Å². The Balaban J connectivity index is 2.07. The lowest BCUT2D eigenvalue weighted by molar-refractivity contribution is 0.0786. The maximum absolute atomic E-state index is 11.3. The van der Waals surface area contributed by atoms with E-state index in [1.165, 1.54) is 6.20 Å². The number of carbonyl (C=O) groups excluding carboxylic acids is 1. The summed E-state index contributed by atoms with van der Waals surface area (Å²) in [6.45, 7) is 3.48. The summed E-state index contributed by atoms with van der Waals surface area (Å²) in [5.41, 5.74) is 14.3. The molecule has 23 heavy (non-hydrogen) atoms. The quantitative estimate of drug-likeness (QED) is 0.687. The summed E-state index contributed by atoms with van der Waals surface area (Å²) in [5, 5.41) is 14.2. The molecule has 0 unspecified atom stereocenters. The van der Waals surface area contributed by atoms with Crippen LogP contribution >= 0.6 is 0 Å². The molecule has 0 saturated heterocycles. The van der Waals surface area contributed by atoms with E-state index in [0.29, 0.717) is 11.2 Å². The number of benzene rings is 1. The first-order valence-electron chi connectivity index (χ1n) is 7.17. The fourth-order valence-electron chi connectivity index (χ4n) is 2.50. The number of aliphatic hydroxyl groups is 1. The highest BCUT2D eigenvalue weighted by Crippen LogP contribution is 2.28. The summed E-state index contributed by atoms with van der Waals surface area (Å²) in [7, 11) is 0. The van der Waals surface area contributed by atoms with Gasteiger partial charge in [0.05, 0.1) is 28.6 Å². The highest BCUT2D eigenvalue weighted by molar-refractivity contribution is 6.01. The van der Waals surface area contributed by atoms with Gasteiger partial charge in [0, 0.05) is 11.8 Å². The number of nitrogen functional groups attached to an aromatic ring is 1. The lowest BCUT2D eigenvalue weighted by Crippen LogP contribution is -2.15. The van der Waals surface area contributed by atoms with E-state index in [9.17, 15) is 9.90 Å². The SMILES string of the molecule is CC(C)(O)c1ccc(-c2cc3c(N)c(C(N)=O)cnn3c2)cc1. The van der Waals surface area contributed by atoms with Gasteiger partial charge in [-0.25, -0.2) is 4.52 Å². The van der Waals surface area contributed by atoms with E-state index in [0.717, 1.165) is 16.7 Å². The zero-order valence-electron chi connectivity index (χ0n) is 12.9. The summed E-state index contributed by atoms with van der Waals surface area (Å²) in [4.78, 5) is 11.3. The van der Waals surface area contributed by atoms with Crippen molar-refractivity contribution in [2.75, 3.05) is 5.73 Å². The molecular formula is C17H18N4O2. The van der Waals surface area contributed by atoms with Gasteiger partial charge in [0.2, 0.25) is 0 Å². The summed E-state index contributed by atoms with van der Waals surface area (Å²) >= 11 is 0. The van der Waals surface area contributed by atoms with Crippen LogP contribution in [0.15, 0.2) is 42.7 Å². The maximum Gasteiger partial charge on any atom is 0.252 e. The van der Waals surface area contributed by atoms with E-state index in [2.05, 4.69) is 5.10 Å². The molecular weight excluding hydrogens is 292 g/mol. The van der Waals surface area contributed by atoms with Crippen molar-refractivity contribution in [1.29, 1.82) is 0 Å². The molecule has 0 radical (unpaired) electrons. The Morgan fingerprint density at radius 1 is 1.22 bits per heavy atom. The van der Waals surface area contributed by atoms with Gasteiger partial charge in [0.1, 0.15) is 0 Å². The van der Waals surface area contributed by atoms with Crippen molar-refractivity contribution >= 4 is 17.1 Å². The summed E-state index contributed by atoms with van der Waals surface area (Å²) < 4.78 is 1.61. The Labute approximate surface area is 133 Å². The molecule has 0 aliphatic carbocycles. The lowest BCUT2D eigenvalue weighted by Gasteiger charge is -2.17. The van der Waals surface area contributed by atoms with Gasteiger partial charge in [-0.05, 0) is 31.0 Å². The molecule has 0 atom stereocenters. The standard InChI is InChI=1S/C17H18N4O2/c1-17(2,23)12-5-3-10(4-6-12)11-7-14-15(18)13(16(19)22)8-20-21(14)9-11/h3-9,23H,18H2,1-2H3,(H2,19,22). The third-order valence-corrected chi connectivity index (χ3v) is 3.87. The number of hydrogen-bond acceptors (Lipinski definition) is 4. The molecule has 0 aliphatic rings. The molecule has 2 heterocycles. The first kappa shape index (κ1) is 15.1. The largest absolute Gasteiger partial charge is 0.396 e. The third kappa shape index (κ3) is 2.64. The van der Waals surface area contributed by atoms with E-state index >= 15 is 0 Å². The molecule has 0 aliphatic heterocycles. The number of nitrogens with zero attached hydrogens (tertiary/aromatic N) is 2. The van der Waals surface area contributed by atoms with Gasteiger partial charge in [-0.3, -0.25) is 4.79 Å². The van der Waals surface area contributed by atoms with Crippen molar-refractivity contribution in [1.82, 2.24) is 9.61 Å². The number of hydrogen-bond donors (Lipinski definition) is 3. The fourth-order valence-corrected chi connectivity index (χ4v) is 2.50. The Hall–Kier alpha value is -2.86. The molecule has 3 rings (SSSR count). The highest BCUT2D eigenvalue weighted by Gasteiger charge is 2.16. The number of aromatic nitrogens is 2. The van der Waals surface area contributed by atoms with Gasteiger partial charge in [0.25, 0.3) is 5.91 Å². The van der Waals surface area contributed by atoms with Crippen LogP contribution in [0.25, 0.3) is 16.6 Å². The Bertz CT molecular complexity index is 889.